The molecule has 0 amide bonds. The van der Waals surface area contributed by atoms with Gasteiger partial charge in [-0.2, -0.15) is 0 Å². The predicted molar refractivity (Wildman–Crippen MR) is 80.8 cm³/mol. The molecular formula is C15H20ClFN2O2. The molecule has 1 aromatic carbocycles. The second-order valence-electron chi connectivity index (χ2n) is 5.20. The first-order chi connectivity index (χ1) is 10.0. The second kappa shape index (κ2) is 7.20. The summed E-state index contributed by atoms with van der Waals surface area (Å²) >= 11 is 5.98. The van der Waals surface area contributed by atoms with Crippen molar-refractivity contribution in [1.29, 1.82) is 0 Å². The number of halogens is 2. The van der Waals surface area contributed by atoms with Crippen molar-refractivity contribution >= 4 is 17.4 Å². The number of ketones is 1. The van der Waals surface area contributed by atoms with E-state index < -0.39 is 5.82 Å². The SMILES string of the molecule is CCOc1c(F)cc(C(=O)CN2CCN(C)CC2)cc1Cl. The Labute approximate surface area is 129 Å². The highest BCUT2D eigenvalue weighted by Gasteiger charge is 2.19. The molecule has 1 saturated heterocycles. The molecule has 116 valence electrons. The Morgan fingerprint density at radius 1 is 1.33 bits per heavy atom. The maximum Gasteiger partial charge on any atom is 0.176 e. The number of piperazine rings is 1. The molecule has 0 radical (unpaired) electrons. The fraction of sp³-hybridized carbons (Fsp3) is 0.533. The first-order valence-electron chi connectivity index (χ1n) is 7.07. The lowest BCUT2D eigenvalue weighted by Gasteiger charge is -2.31. The largest absolute Gasteiger partial charge is 0.489 e. The normalized spacial score (nSPS) is 17.0. The van der Waals surface area contributed by atoms with Crippen molar-refractivity contribution in [2.45, 2.75) is 6.92 Å². The lowest BCUT2D eigenvalue weighted by molar-refractivity contribution is 0.0876. The number of ether oxygens (including phenoxy) is 1. The van der Waals surface area contributed by atoms with Gasteiger partial charge < -0.3 is 9.64 Å². The molecule has 0 aromatic heterocycles. The van der Waals surface area contributed by atoms with Crippen molar-refractivity contribution in [3.63, 3.8) is 0 Å². The minimum Gasteiger partial charge on any atom is -0.489 e. The van der Waals surface area contributed by atoms with Crippen LogP contribution in [-0.2, 0) is 0 Å². The zero-order valence-corrected chi connectivity index (χ0v) is 13.1. The molecule has 1 aliphatic heterocycles. The third kappa shape index (κ3) is 4.15. The number of Topliss-reactive ketones (excluding diaryl/α,β-unsaturated/α-hetero) is 1. The standard InChI is InChI=1S/C15H20ClFN2O2/c1-3-21-15-12(16)8-11(9-13(15)17)14(20)10-19-6-4-18(2)5-7-19/h8-9H,3-7,10H2,1-2H3. The summed E-state index contributed by atoms with van der Waals surface area (Å²) in [5.41, 5.74) is 0.292. The Morgan fingerprint density at radius 2 is 2.00 bits per heavy atom. The van der Waals surface area contributed by atoms with Crippen LogP contribution in [0.25, 0.3) is 0 Å². The van der Waals surface area contributed by atoms with Crippen LogP contribution >= 0.6 is 11.6 Å². The minimum atomic E-state index is -0.592. The number of rotatable bonds is 5. The van der Waals surface area contributed by atoms with E-state index in [0.717, 1.165) is 26.2 Å². The van der Waals surface area contributed by atoms with Gasteiger partial charge in [-0.3, -0.25) is 9.69 Å². The molecule has 1 aliphatic rings. The van der Waals surface area contributed by atoms with Gasteiger partial charge in [-0.1, -0.05) is 11.6 Å². The van der Waals surface area contributed by atoms with E-state index in [2.05, 4.69) is 16.8 Å². The van der Waals surface area contributed by atoms with Gasteiger partial charge in [0.15, 0.2) is 17.3 Å². The van der Waals surface area contributed by atoms with Gasteiger partial charge in [0.25, 0.3) is 0 Å². The fourth-order valence-electron chi connectivity index (χ4n) is 2.30. The quantitative estimate of drug-likeness (QED) is 0.781. The van der Waals surface area contributed by atoms with E-state index >= 15 is 0 Å². The molecule has 0 aliphatic carbocycles. The van der Waals surface area contributed by atoms with Gasteiger partial charge in [0.1, 0.15) is 0 Å². The fourth-order valence-corrected chi connectivity index (χ4v) is 2.57. The maximum atomic E-state index is 13.9. The van der Waals surface area contributed by atoms with Gasteiger partial charge in [-0.05, 0) is 26.1 Å². The Balaban J connectivity index is 2.05. The van der Waals surface area contributed by atoms with Gasteiger partial charge in [0.05, 0.1) is 18.2 Å². The molecule has 1 aromatic rings. The molecular weight excluding hydrogens is 295 g/mol. The van der Waals surface area contributed by atoms with Crippen LogP contribution in [0.2, 0.25) is 5.02 Å². The van der Waals surface area contributed by atoms with Crippen LogP contribution in [0.4, 0.5) is 4.39 Å². The number of hydrogen-bond acceptors (Lipinski definition) is 4. The van der Waals surface area contributed by atoms with Gasteiger partial charge >= 0.3 is 0 Å². The molecule has 0 unspecified atom stereocenters. The summed E-state index contributed by atoms with van der Waals surface area (Å²) in [6, 6.07) is 2.68. The average Bonchev–Trinajstić information content (AvgIpc) is 2.45. The van der Waals surface area contributed by atoms with Crippen LogP contribution in [-0.4, -0.2) is 62.0 Å². The zero-order chi connectivity index (χ0) is 15.4. The molecule has 1 fully saturated rings. The number of hydrogen-bond donors (Lipinski definition) is 0. The summed E-state index contributed by atoms with van der Waals surface area (Å²) in [7, 11) is 2.06. The Bertz CT molecular complexity index is 493. The zero-order valence-electron chi connectivity index (χ0n) is 12.4. The van der Waals surface area contributed by atoms with Crippen LogP contribution in [0.3, 0.4) is 0 Å². The van der Waals surface area contributed by atoms with E-state index in [4.69, 9.17) is 16.3 Å². The van der Waals surface area contributed by atoms with E-state index in [9.17, 15) is 9.18 Å². The van der Waals surface area contributed by atoms with E-state index in [0.29, 0.717) is 12.2 Å². The van der Waals surface area contributed by atoms with E-state index in [1.54, 1.807) is 6.92 Å². The van der Waals surface area contributed by atoms with Gasteiger partial charge in [0.2, 0.25) is 0 Å². The van der Waals surface area contributed by atoms with Gasteiger partial charge in [0, 0.05) is 31.7 Å². The first-order valence-corrected chi connectivity index (χ1v) is 7.45. The summed E-state index contributed by atoms with van der Waals surface area (Å²) in [5, 5.41) is 0.138. The molecule has 2 rings (SSSR count). The summed E-state index contributed by atoms with van der Waals surface area (Å²) < 4.78 is 19.0. The molecule has 4 nitrogen and oxygen atoms in total. The molecule has 0 spiro atoms. The lowest BCUT2D eigenvalue weighted by atomic mass is 10.1. The molecule has 0 saturated carbocycles. The van der Waals surface area contributed by atoms with Crippen molar-refractivity contribution < 1.29 is 13.9 Å². The number of carbonyl (C=O) groups excluding carboxylic acids is 1. The monoisotopic (exact) mass is 314 g/mol. The summed E-state index contributed by atoms with van der Waals surface area (Å²) in [5.74, 6) is -0.704. The third-order valence-electron chi connectivity index (χ3n) is 3.57. The Hall–Kier alpha value is -1.17. The minimum absolute atomic E-state index is 0.00955. The van der Waals surface area contributed by atoms with E-state index in [1.807, 2.05) is 0 Å². The Morgan fingerprint density at radius 3 is 2.57 bits per heavy atom. The second-order valence-corrected chi connectivity index (χ2v) is 5.61. The molecule has 0 N–H and O–H groups in total. The highest BCUT2D eigenvalue weighted by molar-refractivity contribution is 6.32. The number of likely N-dealkylation sites (N-methyl/N-ethyl adjacent to an activating group) is 1. The first kappa shape index (κ1) is 16.2. The Kier molecular flexibility index (Phi) is 5.56. The smallest absolute Gasteiger partial charge is 0.176 e. The highest BCUT2D eigenvalue weighted by atomic mass is 35.5. The average molecular weight is 315 g/mol. The van der Waals surface area contributed by atoms with Crippen molar-refractivity contribution in [1.82, 2.24) is 9.80 Å². The van der Waals surface area contributed by atoms with E-state index in [-0.39, 0.29) is 23.1 Å². The van der Waals surface area contributed by atoms with Crippen molar-refractivity contribution in [2.75, 3.05) is 46.4 Å². The molecule has 21 heavy (non-hydrogen) atoms. The molecule has 0 atom stereocenters. The maximum absolute atomic E-state index is 13.9. The van der Waals surface area contributed by atoms with Crippen molar-refractivity contribution in [2.24, 2.45) is 0 Å². The molecule has 6 heteroatoms. The highest BCUT2D eigenvalue weighted by Crippen LogP contribution is 2.29. The van der Waals surface area contributed by atoms with Crippen LogP contribution in [0, 0.1) is 5.82 Å². The molecule has 1 heterocycles. The number of carbonyl (C=O) groups is 1. The van der Waals surface area contributed by atoms with E-state index in [1.165, 1.54) is 12.1 Å². The van der Waals surface area contributed by atoms with Crippen LogP contribution in [0.15, 0.2) is 12.1 Å². The molecule has 0 bridgehead atoms. The van der Waals surface area contributed by atoms with Crippen molar-refractivity contribution in [3.8, 4) is 5.75 Å². The summed E-state index contributed by atoms with van der Waals surface area (Å²) in [6.07, 6.45) is 0. The predicted octanol–water partition coefficient (Wildman–Crippen LogP) is 2.31. The third-order valence-corrected chi connectivity index (χ3v) is 3.85. The van der Waals surface area contributed by atoms with Gasteiger partial charge in [-0.15, -0.1) is 0 Å². The topological polar surface area (TPSA) is 32.8 Å². The van der Waals surface area contributed by atoms with Crippen LogP contribution < -0.4 is 4.74 Å². The summed E-state index contributed by atoms with van der Waals surface area (Å²) in [4.78, 5) is 16.5. The number of nitrogens with zero attached hydrogens (tertiary/aromatic N) is 2. The summed E-state index contributed by atoms with van der Waals surface area (Å²) in [6.45, 7) is 5.92. The lowest BCUT2D eigenvalue weighted by Crippen LogP contribution is -2.46. The van der Waals surface area contributed by atoms with Crippen LogP contribution in [0.5, 0.6) is 5.75 Å². The number of benzene rings is 1. The van der Waals surface area contributed by atoms with Crippen LogP contribution in [0.1, 0.15) is 17.3 Å². The van der Waals surface area contributed by atoms with Crippen molar-refractivity contribution in [3.05, 3.63) is 28.5 Å². The van der Waals surface area contributed by atoms with Gasteiger partial charge in [-0.25, -0.2) is 4.39 Å².